The van der Waals surface area contributed by atoms with Crippen LogP contribution in [0.5, 0.6) is 5.75 Å². The highest BCUT2D eigenvalue weighted by Gasteiger charge is 2.39. The van der Waals surface area contributed by atoms with Gasteiger partial charge in [-0.1, -0.05) is 18.2 Å². The Bertz CT molecular complexity index is 1710. The largest absolute Gasteiger partial charge is 0.454 e. The molecular formula is C28H15F8NO2S. The summed E-state index contributed by atoms with van der Waals surface area (Å²) in [5.41, 5.74) is -0.00301. The van der Waals surface area contributed by atoms with Crippen LogP contribution in [0, 0.1) is 34.9 Å². The fourth-order valence-corrected chi connectivity index (χ4v) is 4.96. The fourth-order valence-electron chi connectivity index (χ4n) is 4.04. The van der Waals surface area contributed by atoms with Gasteiger partial charge < -0.3 is 9.47 Å². The number of hydrogen-bond acceptors (Lipinski definition) is 4. The van der Waals surface area contributed by atoms with E-state index in [1.807, 2.05) is 0 Å². The summed E-state index contributed by atoms with van der Waals surface area (Å²) in [6, 6.07) is 10.3. The second-order valence-electron chi connectivity index (χ2n) is 8.58. The van der Waals surface area contributed by atoms with E-state index in [1.54, 1.807) is 6.07 Å². The van der Waals surface area contributed by atoms with E-state index in [0.29, 0.717) is 16.9 Å². The molecule has 0 unspecified atom stereocenters. The molecule has 0 spiro atoms. The van der Waals surface area contributed by atoms with Gasteiger partial charge in [-0.15, -0.1) is 11.3 Å². The molecule has 40 heavy (non-hydrogen) atoms. The van der Waals surface area contributed by atoms with Gasteiger partial charge in [0.25, 0.3) is 0 Å². The van der Waals surface area contributed by atoms with E-state index in [2.05, 4.69) is 9.72 Å². The Balaban J connectivity index is 1.46. The Morgan fingerprint density at radius 2 is 1.43 bits per heavy atom. The van der Waals surface area contributed by atoms with Crippen molar-refractivity contribution in [2.45, 2.75) is 12.7 Å². The number of halogens is 8. The molecule has 0 saturated heterocycles. The highest BCUT2D eigenvalue weighted by atomic mass is 32.1. The van der Waals surface area contributed by atoms with Gasteiger partial charge in [-0.3, -0.25) is 0 Å². The van der Waals surface area contributed by atoms with Gasteiger partial charge in [0, 0.05) is 24.8 Å². The molecular weight excluding hydrogens is 566 g/mol. The maximum absolute atomic E-state index is 15.1. The van der Waals surface area contributed by atoms with Crippen LogP contribution >= 0.6 is 11.3 Å². The van der Waals surface area contributed by atoms with Gasteiger partial charge in [-0.2, -0.15) is 8.78 Å². The van der Waals surface area contributed by atoms with Gasteiger partial charge in [0.05, 0.1) is 22.4 Å². The first-order valence-electron chi connectivity index (χ1n) is 11.4. The van der Waals surface area contributed by atoms with Gasteiger partial charge >= 0.3 is 6.11 Å². The number of methoxy groups -OCH3 is 1. The van der Waals surface area contributed by atoms with Crippen molar-refractivity contribution in [3.8, 4) is 28.0 Å². The number of benzene rings is 4. The third-order valence-corrected chi connectivity index (χ3v) is 6.90. The van der Waals surface area contributed by atoms with Crippen molar-refractivity contribution in [1.82, 2.24) is 4.98 Å². The van der Waals surface area contributed by atoms with Gasteiger partial charge in [0.15, 0.2) is 17.5 Å². The summed E-state index contributed by atoms with van der Waals surface area (Å²) in [5.74, 6) is -9.01. The average molecular weight is 581 g/mol. The minimum atomic E-state index is -4.18. The second kappa shape index (κ2) is 10.5. The monoisotopic (exact) mass is 581 g/mol. The van der Waals surface area contributed by atoms with Gasteiger partial charge in [0.1, 0.15) is 23.2 Å². The molecule has 0 aliphatic heterocycles. The van der Waals surface area contributed by atoms with Gasteiger partial charge in [-0.05, 0) is 47.0 Å². The standard InChI is InChI=1S/C28H15F8NO2S/c1-38-12-13-2-4-17(18(29)6-13)15-7-19(30)25(20(31)8-15)14-3-5-23-24(9-14)40-27(37-23)28(35,36)39-16-10-21(32)26(34)22(33)11-16/h2-11H,12H2,1H3. The molecule has 4 aromatic carbocycles. The zero-order valence-corrected chi connectivity index (χ0v) is 21.0. The van der Waals surface area contributed by atoms with Crippen LogP contribution in [0.3, 0.4) is 0 Å². The van der Waals surface area contributed by atoms with Crippen LogP contribution in [0.1, 0.15) is 10.6 Å². The molecule has 0 aliphatic rings. The molecule has 0 bridgehead atoms. The minimum absolute atomic E-state index is 0.00734. The summed E-state index contributed by atoms with van der Waals surface area (Å²) in [6.45, 7) is 0.155. The summed E-state index contributed by atoms with van der Waals surface area (Å²) in [5, 5.41) is -0.923. The molecule has 0 atom stereocenters. The molecule has 0 radical (unpaired) electrons. The van der Waals surface area contributed by atoms with Crippen LogP contribution in [0.15, 0.2) is 60.7 Å². The molecule has 0 fully saturated rings. The Morgan fingerprint density at radius 1 is 0.750 bits per heavy atom. The normalized spacial score (nSPS) is 11.8. The number of thiazole rings is 1. The van der Waals surface area contributed by atoms with Crippen LogP contribution in [0.4, 0.5) is 35.1 Å². The van der Waals surface area contributed by atoms with Crippen LogP contribution in [-0.2, 0) is 17.5 Å². The second-order valence-corrected chi connectivity index (χ2v) is 9.61. The molecule has 0 saturated carbocycles. The molecule has 0 N–H and O–H groups in total. The van der Waals surface area contributed by atoms with Crippen molar-refractivity contribution in [2.75, 3.05) is 7.11 Å². The highest BCUT2D eigenvalue weighted by Crippen LogP contribution is 2.39. The summed E-state index contributed by atoms with van der Waals surface area (Å²) in [4.78, 5) is 3.75. The number of ether oxygens (including phenoxy) is 2. The molecule has 5 aromatic rings. The maximum atomic E-state index is 15.1. The van der Waals surface area contributed by atoms with Crippen LogP contribution < -0.4 is 4.74 Å². The van der Waals surface area contributed by atoms with Crippen molar-refractivity contribution in [3.05, 3.63) is 106 Å². The lowest BCUT2D eigenvalue weighted by atomic mass is 9.98. The Kier molecular flexibility index (Phi) is 7.23. The zero-order chi connectivity index (χ0) is 28.8. The van der Waals surface area contributed by atoms with Crippen molar-refractivity contribution in [3.63, 3.8) is 0 Å². The van der Waals surface area contributed by atoms with Crippen molar-refractivity contribution >= 4 is 21.6 Å². The summed E-state index contributed by atoms with van der Waals surface area (Å²) in [7, 11) is 1.44. The predicted octanol–water partition coefficient (Wildman–Crippen LogP) is 8.74. The molecule has 0 amide bonds. The first-order valence-corrected chi connectivity index (χ1v) is 12.2. The average Bonchev–Trinajstić information content (AvgIpc) is 3.32. The molecule has 1 heterocycles. The number of rotatable bonds is 7. The van der Waals surface area contributed by atoms with Crippen molar-refractivity contribution < 1.29 is 44.6 Å². The number of aromatic nitrogens is 1. The van der Waals surface area contributed by atoms with E-state index < -0.39 is 57.3 Å². The van der Waals surface area contributed by atoms with E-state index in [4.69, 9.17) is 4.74 Å². The quantitative estimate of drug-likeness (QED) is 0.142. The van der Waals surface area contributed by atoms with Crippen LogP contribution in [-0.4, -0.2) is 12.1 Å². The van der Waals surface area contributed by atoms with Gasteiger partial charge in [-0.25, -0.2) is 31.3 Å². The van der Waals surface area contributed by atoms with E-state index in [1.165, 1.54) is 37.4 Å². The summed E-state index contributed by atoms with van der Waals surface area (Å²) < 4.78 is 124. The summed E-state index contributed by atoms with van der Waals surface area (Å²) >= 11 is 0.410. The predicted molar refractivity (Wildman–Crippen MR) is 132 cm³/mol. The number of nitrogens with zero attached hydrogens (tertiary/aromatic N) is 1. The SMILES string of the molecule is COCc1ccc(-c2cc(F)c(-c3ccc4nc(C(F)(F)Oc5cc(F)c(F)c(F)c5)sc4c3)c(F)c2)c(F)c1. The first-order chi connectivity index (χ1) is 19.0. The fraction of sp³-hybridized carbons (Fsp3) is 0.107. The molecule has 12 heteroatoms. The molecule has 206 valence electrons. The molecule has 0 aliphatic carbocycles. The van der Waals surface area contributed by atoms with E-state index >= 15 is 8.78 Å². The Labute approximate surface area is 225 Å². The topological polar surface area (TPSA) is 31.4 Å². The minimum Gasteiger partial charge on any atom is -0.427 e. The lowest BCUT2D eigenvalue weighted by molar-refractivity contribution is -0.185. The van der Waals surface area contributed by atoms with E-state index in [0.717, 1.165) is 12.1 Å². The first kappa shape index (κ1) is 27.5. The van der Waals surface area contributed by atoms with E-state index in [9.17, 15) is 26.3 Å². The number of alkyl halides is 2. The third-order valence-electron chi connectivity index (χ3n) is 5.83. The lowest BCUT2D eigenvalue weighted by Crippen LogP contribution is -2.21. The Morgan fingerprint density at radius 3 is 2.05 bits per heavy atom. The van der Waals surface area contributed by atoms with Crippen LogP contribution in [0.2, 0.25) is 0 Å². The molecule has 5 rings (SSSR count). The summed E-state index contributed by atoms with van der Waals surface area (Å²) in [6.07, 6.45) is -4.18. The number of fused-ring (bicyclic) bond motifs is 1. The Hall–Kier alpha value is -4.03. The third kappa shape index (κ3) is 5.24. The molecule has 1 aromatic heterocycles. The smallest absolute Gasteiger partial charge is 0.427 e. The van der Waals surface area contributed by atoms with E-state index in [-0.39, 0.29) is 45.6 Å². The van der Waals surface area contributed by atoms with Gasteiger partial charge in [0.2, 0.25) is 5.01 Å². The van der Waals surface area contributed by atoms with Crippen molar-refractivity contribution in [2.24, 2.45) is 0 Å². The maximum Gasteiger partial charge on any atom is 0.454 e. The highest BCUT2D eigenvalue weighted by molar-refractivity contribution is 7.18. The zero-order valence-electron chi connectivity index (χ0n) is 20.2. The molecule has 3 nitrogen and oxygen atoms in total. The number of hydrogen-bond donors (Lipinski definition) is 0. The van der Waals surface area contributed by atoms with Crippen molar-refractivity contribution in [1.29, 1.82) is 0 Å². The lowest BCUT2D eigenvalue weighted by Gasteiger charge is -2.15. The van der Waals surface area contributed by atoms with Crippen LogP contribution in [0.25, 0.3) is 32.5 Å².